The summed E-state index contributed by atoms with van der Waals surface area (Å²) in [5, 5.41) is 7.83. The molecule has 0 aliphatic heterocycles. The van der Waals surface area contributed by atoms with Gasteiger partial charge in [-0.1, -0.05) is 44.4 Å². The van der Waals surface area contributed by atoms with Gasteiger partial charge in [0.15, 0.2) is 6.61 Å². The van der Waals surface area contributed by atoms with Crippen molar-refractivity contribution in [2.45, 2.75) is 27.1 Å². The van der Waals surface area contributed by atoms with E-state index < -0.39 is 5.97 Å². The molecule has 2 aromatic carbocycles. The van der Waals surface area contributed by atoms with Crippen LogP contribution in [0.15, 0.2) is 62.0 Å². The number of benzene rings is 2. The maximum atomic E-state index is 12.4. The van der Waals surface area contributed by atoms with E-state index in [1.165, 1.54) is 0 Å². The molecule has 2 heterocycles. The summed E-state index contributed by atoms with van der Waals surface area (Å²) in [7, 11) is 0. The number of esters is 1. The average Bonchev–Trinajstić information content (AvgIpc) is 3.37. The van der Waals surface area contributed by atoms with Crippen LogP contribution in [0.1, 0.15) is 33.3 Å². The van der Waals surface area contributed by atoms with Gasteiger partial charge in [-0.05, 0) is 44.2 Å². The van der Waals surface area contributed by atoms with Crippen LogP contribution in [0.3, 0.4) is 0 Å². The lowest BCUT2D eigenvalue weighted by Crippen LogP contribution is -2.06. The third kappa shape index (κ3) is 5.00. The maximum absolute atomic E-state index is 12.4. The molecule has 2 aromatic heterocycles. The summed E-state index contributed by atoms with van der Waals surface area (Å²) >= 11 is 3.40. The standard InChI is InChI=1S/C22H18BrN3O5/c1-13-19(14(2)30-25-13)11-28-18-8-4-6-16(10-18)22(27)29-12-20-24-21(26-31-20)15-5-3-7-17(23)9-15/h3-10H,11-12H2,1-2H3. The van der Waals surface area contributed by atoms with E-state index in [-0.39, 0.29) is 12.5 Å². The van der Waals surface area contributed by atoms with Gasteiger partial charge in [-0.25, -0.2) is 4.79 Å². The van der Waals surface area contributed by atoms with Crippen LogP contribution in [0.5, 0.6) is 5.75 Å². The number of aryl methyl sites for hydroxylation is 2. The molecule has 31 heavy (non-hydrogen) atoms. The Morgan fingerprint density at radius 2 is 1.87 bits per heavy atom. The highest BCUT2D eigenvalue weighted by atomic mass is 79.9. The van der Waals surface area contributed by atoms with Crippen molar-refractivity contribution in [1.29, 1.82) is 0 Å². The van der Waals surface area contributed by atoms with E-state index in [0.29, 0.717) is 29.5 Å². The van der Waals surface area contributed by atoms with Crippen molar-refractivity contribution in [1.82, 2.24) is 15.3 Å². The Morgan fingerprint density at radius 1 is 1.03 bits per heavy atom. The molecule has 0 atom stereocenters. The minimum Gasteiger partial charge on any atom is -0.489 e. The summed E-state index contributed by atoms with van der Waals surface area (Å²) in [4.78, 5) is 16.7. The Labute approximate surface area is 186 Å². The maximum Gasteiger partial charge on any atom is 0.338 e. The molecule has 0 unspecified atom stereocenters. The highest BCUT2D eigenvalue weighted by Crippen LogP contribution is 2.21. The lowest BCUT2D eigenvalue weighted by molar-refractivity contribution is 0.0429. The molecule has 4 rings (SSSR count). The Bertz CT molecular complexity index is 1200. The van der Waals surface area contributed by atoms with Crippen LogP contribution in [0.25, 0.3) is 11.4 Å². The van der Waals surface area contributed by atoms with E-state index in [0.717, 1.165) is 21.3 Å². The van der Waals surface area contributed by atoms with Crippen molar-refractivity contribution in [3.8, 4) is 17.1 Å². The normalized spacial score (nSPS) is 10.8. The fourth-order valence-corrected chi connectivity index (χ4v) is 3.24. The second kappa shape index (κ2) is 9.13. The average molecular weight is 484 g/mol. The zero-order valence-electron chi connectivity index (χ0n) is 16.8. The fourth-order valence-electron chi connectivity index (χ4n) is 2.85. The number of halogens is 1. The molecule has 0 saturated carbocycles. The summed E-state index contributed by atoms with van der Waals surface area (Å²) in [5.41, 5.74) is 2.79. The lowest BCUT2D eigenvalue weighted by Gasteiger charge is -2.07. The summed E-state index contributed by atoms with van der Waals surface area (Å²) in [5.74, 6) is 1.33. The van der Waals surface area contributed by atoms with E-state index in [2.05, 4.69) is 31.2 Å². The van der Waals surface area contributed by atoms with Crippen LogP contribution in [-0.4, -0.2) is 21.3 Å². The number of ether oxygens (including phenoxy) is 2. The van der Waals surface area contributed by atoms with Crippen LogP contribution in [0.2, 0.25) is 0 Å². The van der Waals surface area contributed by atoms with Gasteiger partial charge >= 0.3 is 5.97 Å². The van der Waals surface area contributed by atoms with Gasteiger partial charge in [0.05, 0.1) is 16.8 Å². The molecule has 0 radical (unpaired) electrons. The molecule has 0 N–H and O–H groups in total. The second-order valence-corrected chi connectivity index (χ2v) is 7.63. The first-order valence-electron chi connectivity index (χ1n) is 9.40. The molecular formula is C22H18BrN3O5. The Hall–Kier alpha value is -3.46. The summed E-state index contributed by atoms with van der Waals surface area (Å²) in [6.45, 7) is 3.83. The minimum atomic E-state index is -0.523. The number of nitrogens with zero attached hydrogens (tertiary/aromatic N) is 3. The fraction of sp³-hybridized carbons (Fsp3) is 0.182. The van der Waals surface area contributed by atoms with E-state index in [9.17, 15) is 4.79 Å². The van der Waals surface area contributed by atoms with E-state index >= 15 is 0 Å². The van der Waals surface area contributed by atoms with Crippen LogP contribution >= 0.6 is 15.9 Å². The number of hydrogen-bond acceptors (Lipinski definition) is 8. The number of hydrogen-bond donors (Lipinski definition) is 0. The zero-order valence-corrected chi connectivity index (χ0v) is 18.4. The summed E-state index contributed by atoms with van der Waals surface area (Å²) < 4.78 is 22.3. The van der Waals surface area contributed by atoms with Crippen molar-refractivity contribution in [2.75, 3.05) is 0 Å². The largest absolute Gasteiger partial charge is 0.489 e. The van der Waals surface area contributed by atoms with Gasteiger partial charge in [-0.2, -0.15) is 4.98 Å². The van der Waals surface area contributed by atoms with Crippen molar-refractivity contribution in [3.63, 3.8) is 0 Å². The van der Waals surface area contributed by atoms with Gasteiger partial charge in [-0.15, -0.1) is 0 Å². The quantitative estimate of drug-likeness (QED) is 0.337. The third-order valence-corrected chi connectivity index (χ3v) is 5.01. The highest BCUT2D eigenvalue weighted by molar-refractivity contribution is 9.10. The molecule has 0 aliphatic rings. The Balaban J connectivity index is 1.36. The lowest BCUT2D eigenvalue weighted by atomic mass is 10.2. The molecule has 4 aromatic rings. The second-order valence-electron chi connectivity index (χ2n) is 6.72. The van der Waals surface area contributed by atoms with Crippen LogP contribution in [0, 0.1) is 13.8 Å². The Morgan fingerprint density at radius 3 is 2.65 bits per heavy atom. The topological polar surface area (TPSA) is 100 Å². The SMILES string of the molecule is Cc1noc(C)c1COc1cccc(C(=O)OCc2nc(-c3cccc(Br)c3)no2)c1. The monoisotopic (exact) mass is 483 g/mol. The van der Waals surface area contributed by atoms with E-state index in [1.807, 2.05) is 38.1 Å². The first-order valence-corrected chi connectivity index (χ1v) is 10.2. The number of rotatable bonds is 7. The molecule has 0 fully saturated rings. The predicted molar refractivity (Wildman–Crippen MR) is 113 cm³/mol. The zero-order chi connectivity index (χ0) is 21.8. The molecule has 0 spiro atoms. The van der Waals surface area contributed by atoms with Crippen molar-refractivity contribution >= 4 is 21.9 Å². The predicted octanol–water partition coefficient (Wildman–Crippen LogP) is 5.04. The van der Waals surface area contributed by atoms with Gasteiger partial charge in [0.1, 0.15) is 18.1 Å². The number of carbonyl (C=O) groups is 1. The van der Waals surface area contributed by atoms with Gasteiger partial charge in [0.25, 0.3) is 5.89 Å². The van der Waals surface area contributed by atoms with Gasteiger partial charge in [0.2, 0.25) is 5.82 Å². The molecule has 0 amide bonds. The summed E-state index contributed by atoms with van der Waals surface area (Å²) in [6.07, 6.45) is 0. The highest BCUT2D eigenvalue weighted by Gasteiger charge is 2.14. The molecule has 0 aliphatic carbocycles. The molecule has 158 valence electrons. The smallest absolute Gasteiger partial charge is 0.338 e. The Kier molecular flexibility index (Phi) is 6.13. The van der Waals surface area contributed by atoms with Gasteiger partial charge in [0, 0.05) is 10.0 Å². The van der Waals surface area contributed by atoms with Crippen LogP contribution < -0.4 is 4.74 Å². The van der Waals surface area contributed by atoms with Crippen molar-refractivity contribution in [3.05, 3.63) is 81.5 Å². The first-order chi connectivity index (χ1) is 15.0. The van der Waals surface area contributed by atoms with Crippen LogP contribution in [-0.2, 0) is 18.0 Å². The minimum absolute atomic E-state index is 0.135. The van der Waals surface area contributed by atoms with Crippen LogP contribution in [0.4, 0.5) is 0 Å². The van der Waals surface area contributed by atoms with E-state index in [4.69, 9.17) is 18.5 Å². The van der Waals surface area contributed by atoms with Crippen molar-refractivity contribution in [2.24, 2.45) is 0 Å². The number of aromatic nitrogens is 3. The van der Waals surface area contributed by atoms with Gasteiger partial charge < -0.3 is 18.5 Å². The molecule has 8 nitrogen and oxygen atoms in total. The molecular weight excluding hydrogens is 466 g/mol. The van der Waals surface area contributed by atoms with Gasteiger partial charge in [-0.3, -0.25) is 0 Å². The molecule has 9 heteroatoms. The van der Waals surface area contributed by atoms with E-state index in [1.54, 1.807) is 24.3 Å². The molecule has 0 bridgehead atoms. The summed E-state index contributed by atoms with van der Waals surface area (Å²) in [6, 6.07) is 14.2. The number of carbonyl (C=O) groups excluding carboxylic acids is 1. The third-order valence-electron chi connectivity index (χ3n) is 4.51. The first kappa shape index (κ1) is 20.8. The van der Waals surface area contributed by atoms with Crippen molar-refractivity contribution < 1.29 is 23.3 Å². The molecule has 0 saturated heterocycles.